The number of amides is 2. The first-order valence-electron chi connectivity index (χ1n) is 7.90. The summed E-state index contributed by atoms with van der Waals surface area (Å²) in [6.45, 7) is 3.51. The molecule has 0 spiro atoms. The molecule has 0 saturated carbocycles. The summed E-state index contributed by atoms with van der Waals surface area (Å²) in [4.78, 5) is 28.3. The third-order valence-corrected chi connectivity index (χ3v) is 4.92. The molecule has 1 N–H and O–H groups in total. The van der Waals surface area contributed by atoms with Crippen LogP contribution < -0.4 is 9.73 Å². The van der Waals surface area contributed by atoms with E-state index < -0.39 is 0 Å². The van der Waals surface area contributed by atoms with Crippen molar-refractivity contribution in [2.45, 2.75) is 25.2 Å². The molecule has 3 rings (SSSR count). The molecular weight excluding hydrogens is 336 g/mol. The molecule has 2 aromatic rings. The molecule has 2 heterocycles. The maximum atomic E-state index is 12.0. The summed E-state index contributed by atoms with van der Waals surface area (Å²) in [6.07, 6.45) is 3.82. The van der Waals surface area contributed by atoms with Gasteiger partial charge in [0.1, 0.15) is 0 Å². The molecule has 1 aliphatic rings. The van der Waals surface area contributed by atoms with Crippen LogP contribution in [0.4, 0.5) is 5.69 Å². The monoisotopic (exact) mass is 354 g/mol. The number of benzene rings is 1. The second kappa shape index (κ2) is 7.48. The zero-order valence-electron chi connectivity index (χ0n) is 14.0. The average molecular weight is 354 g/mol. The van der Waals surface area contributed by atoms with E-state index >= 15 is 0 Å². The molecule has 25 heavy (non-hydrogen) atoms. The first-order valence-corrected chi connectivity index (χ1v) is 8.67. The Morgan fingerprint density at radius 3 is 2.48 bits per heavy atom. The van der Waals surface area contributed by atoms with Crippen molar-refractivity contribution in [1.82, 2.24) is 10.4 Å². The number of hydrogen-bond acceptors (Lipinski definition) is 5. The Balaban J connectivity index is 1.82. The Morgan fingerprint density at radius 1 is 1.20 bits per heavy atom. The topological polar surface area (TPSA) is 74.7 Å². The lowest BCUT2D eigenvalue weighted by Gasteiger charge is -2.22. The van der Waals surface area contributed by atoms with Crippen LogP contribution in [0.3, 0.4) is 0 Å². The van der Waals surface area contributed by atoms with Gasteiger partial charge in [0.05, 0.1) is 11.4 Å². The molecule has 1 aliphatic heterocycles. The summed E-state index contributed by atoms with van der Waals surface area (Å²) < 4.78 is 1.63. The Morgan fingerprint density at radius 2 is 1.88 bits per heavy atom. The smallest absolute Gasteiger partial charge is 0.240 e. The summed E-state index contributed by atoms with van der Waals surface area (Å²) >= 11 is 1.35. The van der Waals surface area contributed by atoms with Crippen molar-refractivity contribution in [3.05, 3.63) is 54.4 Å². The average Bonchev–Trinajstić information content (AvgIpc) is 2.61. The molecule has 2 amide bonds. The van der Waals surface area contributed by atoms with Crippen molar-refractivity contribution >= 4 is 35.2 Å². The van der Waals surface area contributed by atoms with Gasteiger partial charge < -0.3 is 0 Å². The zero-order valence-corrected chi connectivity index (χ0v) is 14.8. The van der Waals surface area contributed by atoms with Gasteiger partial charge in [0.15, 0.2) is 0 Å². The molecule has 0 radical (unpaired) electrons. The number of carbonyl (C=O) groups excluding carboxylic acids is 2. The lowest BCUT2D eigenvalue weighted by molar-refractivity contribution is -0.122. The van der Waals surface area contributed by atoms with Crippen LogP contribution in [0, 0.1) is 5.92 Å². The van der Waals surface area contributed by atoms with Gasteiger partial charge in [-0.3, -0.25) is 14.6 Å². The molecule has 128 valence electrons. The van der Waals surface area contributed by atoms with E-state index in [4.69, 9.17) is 0 Å². The molecule has 0 saturated heterocycles. The minimum absolute atomic E-state index is 0.0645. The Labute approximate surface area is 150 Å². The minimum Gasteiger partial charge on any atom is -0.274 e. The van der Waals surface area contributed by atoms with E-state index in [0.717, 1.165) is 21.9 Å². The number of rotatable bonds is 4. The highest BCUT2D eigenvalue weighted by Gasteiger charge is 2.22. The zero-order chi connectivity index (χ0) is 17.8. The third-order valence-electron chi connectivity index (χ3n) is 3.79. The SMILES string of the molecule is CC(=O)N(Sc1ccncc1)c1ccc(C2=NNC(=O)CC2C)cc1. The number of hydrazone groups is 1. The second-order valence-corrected chi connectivity index (χ2v) is 6.79. The number of aromatic nitrogens is 1. The number of pyridine rings is 1. The predicted octanol–water partition coefficient (Wildman–Crippen LogP) is 3.00. The fourth-order valence-electron chi connectivity index (χ4n) is 2.57. The summed E-state index contributed by atoms with van der Waals surface area (Å²) in [5, 5.41) is 4.16. The van der Waals surface area contributed by atoms with Gasteiger partial charge >= 0.3 is 0 Å². The number of anilines is 1. The van der Waals surface area contributed by atoms with Crippen molar-refractivity contribution in [2.24, 2.45) is 11.0 Å². The van der Waals surface area contributed by atoms with Crippen molar-refractivity contribution in [3.8, 4) is 0 Å². The van der Waals surface area contributed by atoms with E-state index in [-0.39, 0.29) is 17.7 Å². The van der Waals surface area contributed by atoms with Gasteiger partial charge in [0.2, 0.25) is 11.8 Å². The fraction of sp³-hybridized carbons (Fsp3) is 0.222. The van der Waals surface area contributed by atoms with Crippen LogP contribution >= 0.6 is 11.9 Å². The van der Waals surface area contributed by atoms with Gasteiger partial charge in [-0.25, -0.2) is 9.73 Å². The van der Waals surface area contributed by atoms with Gasteiger partial charge in [0, 0.05) is 36.6 Å². The van der Waals surface area contributed by atoms with E-state index in [0.29, 0.717) is 6.42 Å². The van der Waals surface area contributed by atoms with E-state index in [1.165, 1.54) is 18.9 Å². The highest BCUT2D eigenvalue weighted by molar-refractivity contribution is 8.01. The Hall–Kier alpha value is -2.67. The minimum atomic E-state index is -0.0654. The molecule has 0 bridgehead atoms. The van der Waals surface area contributed by atoms with Gasteiger partial charge in [-0.15, -0.1) is 0 Å². The highest BCUT2D eigenvalue weighted by Crippen LogP contribution is 2.29. The van der Waals surface area contributed by atoms with Gasteiger partial charge in [-0.2, -0.15) is 5.10 Å². The summed E-state index contributed by atoms with van der Waals surface area (Å²) in [7, 11) is 0. The van der Waals surface area contributed by atoms with Crippen LogP contribution in [0.5, 0.6) is 0 Å². The second-order valence-electron chi connectivity index (χ2n) is 5.77. The predicted molar refractivity (Wildman–Crippen MR) is 98.2 cm³/mol. The lowest BCUT2D eigenvalue weighted by Crippen LogP contribution is -2.32. The summed E-state index contributed by atoms with van der Waals surface area (Å²) in [5.74, 6) is -0.0655. The standard InChI is InChI=1S/C18H18N4O2S/c1-12-11-17(24)20-21-18(12)14-3-5-15(6-4-14)22(13(2)23)25-16-7-9-19-10-8-16/h3-10,12H,11H2,1-2H3,(H,20,24). The van der Waals surface area contributed by atoms with Crippen molar-refractivity contribution in [2.75, 3.05) is 4.31 Å². The lowest BCUT2D eigenvalue weighted by atomic mass is 9.94. The van der Waals surface area contributed by atoms with Crippen LogP contribution in [0.1, 0.15) is 25.8 Å². The number of hydrogen-bond donors (Lipinski definition) is 1. The Bertz CT molecular complexity index is 806. The fourth-order valence-corrected chi connectivity index (χ4v) is 3.38. The summed E-state index contributed by atoms with van der Waals surface area (Å²) in [5.41, 5.74) is 5.10. The quantitative estimate of drug-likeness (QED) is 0.857. The van der Waals surface area contributed by atoms with Crippen molar-refractivity contribution < 1.29 is 9.59 Å². The van der Waals surface area contributed by atoms with Crippen LogP contribution in [-0.2, 0) is 9.59 Å². The van der Waals surface area contributed by atoms with Crippen LogP contribution in [0.2, 0.25) is 0 Å². The molecule has 0 aliphatic carbocycles. The van der Waals surface area contributed by atoms with E-state index in [1.807, 2.05) is 43.3 Å². The maximum Gasteiger partial charge on any atom is 0.240 e. The third kappa shape index (κ3) is 4.06. The maximum absolute atomic E-state index is 12.0. The number of nitrogens with zero attached hydrogens (tertiary/aromatic N) is 3. The van der Waals surface area contributed by atoms with E-state index in [2.05, 4.69) is 15.5 Å². The number of carbonyl (C=O) groups is 2. The largest absolute Gasteiger partial charge is 0.274 e. The van der Waals surface area contributed by atoms with E-state index in [9.17, 15) is 9.59 Å². The summed E-state index contributed by atoms with van der Waals surface area (Å²) in [6, 6.07) is 11.3. The van der Waals surface area contributed by atoms with Crippen LogP contribution in [0.15, 0.2) is 58.8 Å². The molecule has 1 aromatic heterocycles. The first kappa shape index (κ1) is 17.2. The molecule has 6 nitrogen and oxygen atoms in total. The Kier molecular flexibility index (Phi) is 5.14. The van der Waals surface area contributed by atoms with Crippen LogP contribution in [0.25, 0.3) is 0 Å². The molecule has 1 aromatic carbocycles. The molecule has 0 fully saturated rings. The van der Waals surface area contributed by atoms with Gasteiger partial charge in [0.25, 0.3) is 0 Å². The molecule has 7 heteroatoms. The molecule has 1 atom stereocenters. The number of nitrogens with one attached hydrogen (secondary N) is 1. The highest BCUT2D eigenvalue weighted by atomic mass is 32.2. The van der Waals surface area contributed by atoms with Gasteiger partial charge in [-0.05, 0) is 41.8 Å². The molecular formula is C18H18N4O2S. The van der Waals surface area contributed by atoms with Crippen molar-refractivity contribution in [3.63, 3.8) is 0 Å². The van der Waals surface area contributed by atoms with Crippen molar-refractivity contribution in [1.29, 1.82) is 0 Å². The molecule has 1 unspecified atom stereocenters. The van der Waals surface area contributed by atoms with E-state index in [1.54, 1.807) is 16.7 Å². The first-order chi connectivity index (χ1) is 12.0. The van der Waals surface area contributed by atoms with Crippen LogP contribution in [-0.4, -0.2) is 22.5 Å². The van der Waals surface area contributed by atoms with Gasteiger partial charge in [-0.1, -0.05) is 19.1 Å². The normalized spacial score (nSPS) is 16.8.